The van der Waals surface area contributed by atoms with Gasteiger partial charge in [-0.25, -0.2) is 17.9 Å². The summed E-state index contributed by atoms with van der Waals surface area (Å²) in [7, 11) is -4.24. The van der Waals surface area contributed by atoms with Crippen LogP contribution in [-0.4, -0.2) is 62.2 Å². The van der Waals surface area contributed by atoms with Gasteiger partial charge in [-0.2, -0.15) is 0 Å². The molecular weight excluding hydrogens is 584 g/mol. The molecule has 1 amide bonds. The standard InChI is InChI=1S/C32H40N4O7S/c1-6-25-22-34(31(37)43-32(3,4)5)18-19-35(25)27-17-16-23(26-12-8-10-14-29(26)42-7-2)20-24(27)21-33-44(40,41)30-15-11-9-13-28(30)36(38)39/h8-17,20,25,33H,6-7,18-19,21-22H2,1-5H3/t25-/m1/s1. The number of ether oxygens (including phenoxy) is 2. The Labute approximate surface area is 259 Å². The number of nitro benzene ring substituents is 1. The second kappa shape index (κ2) is 13.6. The van der Waals surface area contributed by atoms with E-state index in [0.29, 0.717) is 37.6 Å². The van der Waals surface area contributed by atoms with Crippen LogP contribution in [0.4, 0.5) is 16.2 Å². The molecular formula is C32H40N4O7S. The molecule has 0 bridgehead atoms. The van der Waals surface area contributed by atoms with E-state index in [4.69, 9.17) is 9.47 Å². The number of sulfonamides is 1. The first-order valence-corrected chi connectivity index (χ1v) is 16.2. The highest BCUT2D eigenvalue weighted by atomic mass is 32.2. The molecule has 1 aliphatic heterocycles. The summed E-state index contributed by atoms with van der Waals surface area (Å²) in [5.74, 6) is 0.701. The summed E-state index contributed by atoms with van der Waals surface area (Å²) in [4.78, 5) is 27.2. The molecule has 0 aromatic heterocycles. The van der Waals surface area contributed by atoms with Gasteiger partial charge in [-0.3, -0.25) is 10.1 Å². The summed E-state index contributed by atoms with van der Waals surface area (Å²) in [6.07, 6.45) is 0.367. The third-order valence-electron chi connectivity index (χ3n) is 7.30. The number of piperazine rings is 1. The van der Waals surface area contributed by atoms with Gasteiger partial charge in [0.25, 0.3) is 5.69 Å². The molecule has 1 atom stereocenters. The summed E-state index contributed by atoms with van der Waals surface area (Å²) in [6.45, 7) is 11.2. The maximum Gasteiger partial charge on any atom is 0.410 e. The Hall–Kier alpha value is -4.16. The Kier molecular flexibility index (Phi) is 10.2. The normalized spacial score (nSPS) is 15.6. The smallest absolute Gasteiger partial charge is 0.410 e. The number of nitrogens with one attached hydrogen (secondary N) is 1. The molecule has 3 aromatic carbocycles. The van der Waals surface area contributed by atoms with Crippen molar-refractivity contribution >= 4 is 27.5 Å². The molecule has 11 nitrogen and oxygen atoms in total. The van der Waals surface area contributed by atoms with Crippen molar-refractivity contribution < 1.29 is 27.6 Å². The van der Waals surface area contributed by atoms with Crippen LogP contribution in [0.2, 0.25) is 0 Å². The molecule has 1 N–H and O–H groups in total. The van der Waals surface area contributed by atoms with E-state index >= 15 is 0 Å². The minimum atomic E-state index is -4.24. The lowest BCUT2D eigenvalue weighted by molar-refractivity contribution is -0.387. The van der Waals surface area contributed by atoms with E-state index in [2.05, 4.69) is 9.62 Å². The first-order valence-electron chi connectivity index (χ1n) is 14.7. The van der Waals surface area contributed by atoms with Gasteiger partial charge in [0.15, 0.2) is 4.90 Å². The van der Waals surface area contributed by atoms with Gasteiger partial charge in [0.1, 0.15) is 11.4 Å². The number of hydrogen-bond donors (Lipinski definition) is 1. The van der Waals surface area contributed by atoms with Crippen molar-refractivity contribution in [1.29, 1.82) is 0 Å². The molecule has 0 radical (unpaired) electrons. The van der Waals surface area contributed by atoms with Crippen molar-refractivity contribution in [2.45, 2.75) is 64.1 Å². The van der Waals surface area contributed by atoms with Crippen molar-refractivity contribution in [3.05, 3.63) is 82.4 Å². The van der Waals surface area contributed by atoms with E-state index in [0.717, 1.165) is 23.2 Å². The van der Waals surface area contributed by atoms with Gasteiger partial charge in [0.2, 0.25) is 10.0 Å². The Morgan fingerprint density at radius 2 is 1.75 bits per heavy atom. The number of para-hydroxylation sites is 2. The molecule has 12 heteroatoms. The minimum Gasteiger partial charge on any atom is -0.493 e. The molecule has 0 unspecified atom stereocenters. The summed E-state index contributed by atoms with van der Waals surface area (Å²) in [5.41, 5.74) is 2.07. The maximum atomic E-state index is 13.4. The number of nitrogens with zero attached hydrogens (tertiary/aromatic N) is 3. The number of anilines is 1. The van der Waals surface area contributed by atoms with Gasteiger partial charge in [-0.1, -0.05) is 43.3 Å². The van der Waals surface area contributed by atoms with Crippen molar-refractivity contribution in [1.82, 2.24) is 9.62 Å². The predicted molar refractivity (Wildman–Crippen MR) is 169 cm³/mol. The van der Waals surface area contributed by atoms with E-state index in [1.165, 1.54) is 24.3 Å². The van der Waals surface area contributed by atoms with Gasteiger partial charge in [-0.05, 0) is 69.5 Å². The van der Waals surface area contributed by atoms with Crippen molar-refractivity contribution in [3.63, 3.8) is 0 Å². The van der Waals surface area contributed by atoms with Crippen molar-refractivity contribution in [3.8, 4) is 16.9 Å². The Balaban J connectivity index is 1.71. The first kappa shape index (κ1) is 32.7. The summed E-state index contributed by atoms with van der Waals surface area (Å²) >= 11 is 0. The number of nitro groups is 1. The highest BCUT2D eigenvalue weighted by molar-refractivity contribution is 7.89. The first-order chi connectivity index (χ1) is 20.8. The second-order valence-corrected chi connectivity index (χ2v) is 13.2. The highest BCUT2D eigenvalue weighted by Crippen LogP contribution is 2.35. The molecule has 1 fully saturated rings. The fraction of sp³-hybridized carbons (Fsp3) is 0.406. The molecule has 1 aliphatic rings. The molecule has 4 rings (SSSR count). The van der Waals surface area contributed by atoms with Gasteiger partial charge in [0.05, 0.1) is 11.5 Å². The van der Waals surface area contributed by atoms with E-state index in [1.54, 1.807) is 4.90 Å². The third-order valence-corrected chi connectivity index (χ3v) is 8.75. The Bertz CT molecular complexity index is 1600. The number of benzene rings is 3. The zero-order valence-electron chi connectivity index (χ0n) is 25.8. The zero-order chi connectivity index (χ0) is 32.1. The van der Waals surface area contributed by atoms with Crippen LogP contribution < -0.4 is 14.4 Å². The van der Waals surface area contributed by atoms with Crippen LogP contribution in [0.1, 0.15) is 46.6 Å². The molecule has 3 aromatic rings. The van der Waals surface area contributed by atoms with E-state index in [9.17, 15) is 23.3 Å². The summed E-state index contributed by atoms with van der Waals surface area (Å²) < 4.78 is 40.8. The molecule has 0 aliphatic carbocycles. The van der Waals surface area contributed by atoms with E-state index < -0.39 is 31.1 Å². The Morgan fingerprint density at radius 3 is 2.43 bits per heavy atom. The minimum absolute atomic E-state index is 0.0524. The Morgan fingerprint density at radius 1 is 1.05 bits per heavy atom. The predicted octanol–water partition coefficient (Wildman–Crippen LogP) is 5.97. The maximum absolute atomic E-state index is 13.4. The zero-order valence-corrected chi connectivity index (χ0v) is 26.6. The van der Waals surface area contributed by atoms with Gasteiger partial charge < -0.3 is 19.3 Å². The van der Waals surface area contributed by atoms with Crippen LogP contribution in [0.15, 0.2) is 71.6 Å². The lowest BCUT2D eigenvalue weighted by Gasteiger charge is -2.43. The fourth-order valence-corrected chi connectivity index (χ4v) is 6.44. The fourth-order valence-electron chi connectivity index (χ4n) is 5.26. The highest BCUT2D eigenvalue weighted by Gasteiger charge is 2.33. The van der Waals surface area contributed by atoms with Crippen LogP contribution >= 0.6 is 0 Å². The van der Waals surface area contributed by atoms with Crippen LogP contribution in [0.25, 0.3) is 11.1 Å². The van der Waals surface area contributed by atoms with Crippen LogP contribution in [-0.2, 0) is 21.3 Å². The largest absolute Gasteiger partial charge is 0.493 e. The number of hydrogen-bond acceptors (Lipinski definition) is 8. The quantitative estimate of drug-likeness (QED) is 0.216. The molecule has 0 spiro atoms. The number of carbonyl (C=O) groups is 1. The second-order valence-electron chi connectivity index (χ2n) is 11.5. The lowest BCUT2D eigenvalue weighted by Crippen LogP contribution is -2.55. The molecule has 236 valence electrons. The van der Waals surface area contributed by atoms with Crippen LogP contribution in [0.5, 0.6) is 5.75 Å². The number of rotatable bonds is 10. The van der Waals surface area contributed by atoms with E-state index in [-0.39, 0.29) is 18.7 Å². The lowest BCUT2D eigenvalue weighted by atomic mass is 9.98. The number of carbonyl (C=O) groups excluding carboxylic acids is 1. The summed E-state index contributed by atoms with van der Waals surface area (Å²) in [6, 6.07) is 18.7. The topological polar surface area (TPSA) is 131 Å². The molecule has 1 saturated heterocycles. The van der Waals surface area contributed by atoms with Crippen molar-refractivity contribution in [2.75, 3.05) is 31.1 Å². The molecule has 0 saturated carbocycles. The van der Waals surface area contributed by atoms with Crippen molar-refractivity contribution in [2.24, 2.45) is 0 Å². The van der Waals surface area contributed by atoms with Crippen LogP contribution in [0, 0.1) is 10.1 Å². The molecule has 44 heavy (non-hydrogen) atoms. The average Bonchev–Trinajstić information content (AvgIpc) is 2.99. The van der Waals surface area contributed by atoms with Gasteiger partial charge in [0, 0.05) is 49.5 Å². The SMILES string of the molecule is CCOc1ccccc1-c1ccc(N2CCN(C(=O)OC(C)(C)C)C[C@H]2CC)c(CNS(=O)(=O)c2ccccc2[N+](=O)[O-])c1. The van der Waals surface area contributed by atoms with Gasteiger partial charge in [-0.15, -0.1) is 0 Å². The monoisotopic (exact) mass is 624 g/mol. The average molecular weight is 625 g/mol. The van der Waals surface area contributed by atoms with Crippen LogP contribution in [0.3, 0.4) is 0 Å². The van der Waals surface area contributed by atoms with E-state index in [1.807, 2.05) is 77.1 Å². The molecule has 1 heterocycles. The summed E-state index contributed by atoms with van der Waals surface area (Å²) in [5, 5.41) is 11.6. The number of amides is 1. The van der Waals surface area contributed by atoms with Gasteiger partial charge >= 0.3 is 6.09 Å². The third kappa shape index (κ3) is 7.67.